The molecule has 0 spiro atoms. The van der Waals surface area contributed by atoms with Crippen LogP contribution in [0.15, 0.2) is 0 Å². The molecule has 1 N–H and O–H groups in total. The van der Waals surface area contributed by atoms with Gasteiger partial charge < -0.3 is 5.32 Å². The first-order chi connectivity index (χ1) is 7.68. The maximum atomic E-state index is 4.49. The number of aryl methyl sites for hydroxylation is 2. The summed E-state index contributed by atoms with van der Waals surface area (Å²) >= 11 is 0. The zero-order valence-electron chi connectivity index (χ0n) is 10.7. The van der Waals surface area contributed by atoms with Crippen LogP contribution in [-0.4, -0.2) is 22.4 Å². The molecular weight excluding hydrogens is 198 g/mol. The molecular formula is C13H23N3. The minimum absolute atomic E-state index is 0.657. The Balaban J connectivity index is 2.07. The first-order valence-corrected chi connectivity index (χ1v) is 6.41. The molecule has 1 atom stereocenters. The van der Waals surface area contributed by atoms with Gasteiger partial charge in [0, 0.05) is 18.8 Å². The van der Waals surface area contributed by atoms with E-state index in [4.69, 9.17) is 0 Å². The van der Waals surface area contributed by atoms with E-state index in [1.165, 1.54) is 49.2 Å². The molecule has 1 saturated heterocycles. The molecule has 1 aromatic heterocycles. The van der Waals surface area contributed by atoms with Crippen molar-refractivity contribution in [2.45, 2.75) is 52.0 Å². The van der Waals surface area contributed by atoms with Crippen LogP contribution in [0, 0.1) is 13.8 Å². The highest BCUT2D eigenvalue weighted by Crippen LogP contribution is 2.18. The lowest BCUT2D eigenvalue weighted by atomic mass is 10.0. The first-order valence-electron chi connectivity index (χ1n) is 6.41. The molecule has 3 nitrogen and oxygen atoms in total. The van der Waals surface area contributed by atoms with Gasteiger partial charge >= 0.3 is 0 Å². The Morgan fingerprint density at radius 3 is 2.81 bits per heavy atom. The van der Waals surface area contributed by atoms with Crippen LogP contribution in [0.1, 0.15) is 42.6 Å². The molecule has 1 aliphatic heterocycles. The predicted octanol–water partition coefficient (Wildman–Crippen LogP) is 2.11. The van der Waals surface area contributed by atoms with Gasteiger partial charge in [-0.15, -0.1) is 0 Å². The van der Waals surface area contributed by atoms with Gasteiger partial charge in [-0.25, -0.2) is 0 Å². The molecule has 2 heterocycles. The Hall–Kier alpha value is -0.830. The number of nitrogens with one attached hydrogen (secondary N) is 1. The minimum Gasteiger partial charge on any atom is -0.314 e. The van der Waals surface area contributed by atoms with Gasteiger partial charge in [-0.05, 0) is 45.2 Å². The van der Waals surface area contributed by atoms with Crippen LogP contribution in [0.3, 0.4) is 0 Å². The SMILES string of the molecule is Cc1nn(C)c(C)c1CC1CCCCCN1. The Kier molecular flexibility index (Phi) is 3.64. The summed E-state index contributed by atoms with van der Waals surface area (Å²) in [5, 5.41) is 8.15. The van der Waals surface area contributed by atoms with Gasteiger partial charge in [-0.3, -0.25) is 4.68 Å². The van der Waals surface area contributed by atoms with Gasteiger partial charge in [-0.2, -0.15) is 5.10 Å². The van der Waals surface area contributed by atoms with Gasteiger partial charge in [0.25, 0.3) is 0 Å². The second-order valence-electron chi connectivity index (χ2n) is 4.98. The number of hydrogen-bond donors (Lipinski definition) is 1. The highest BCUT2D eigenvalue weighted by Gasteiger charge is 2.16. The average Bonchev–Trinajstić information content (AvgIpc) is 2.51. The molecule has 90 valence electrons. The number of hydrogen-bond acceptors (Lipinski definition) is 2. The summed E-state index contributed by atoms with van der Waals surface area (Å²) in [7, 11) is 2.03. The van der Waals surface area contributed by atoms with Crippen molar-refractivity contribution in [2.24, 2.45) is 7.05 Å². The van der Waals surface area contributed by atoms with Crippen LogP contribution in [0.4, 0.5) is 0 Å². The van der Waals surface area contributed by atoms with E-state index < -0.39 is 0 Å². The standard InChI is InChI=1S/C13H23N3/c1-10-13(11(2)16(3)15-10)9-12-7-5-4-6-8-14-12/h12,14H,4-9H2,1-3H3. The molecule has 16 heavy (non-hydrogen) atoms. The Labute approximate surface area is 98.2 Å². The van der Waals surface area contributed by atoms with Gasteiger partial charge in [0.05, 0.1) is 5.69 Å². The first kappa shape index (κ1) is 11.6. The zero-order chi connectivity index (χ0) is 11.5. The Bertz CT molecular complexity index is 346. The van der Waals surface area contributed by atoms with Crippen molar-refractivity contribution in [3.63, 3.8) is 0 Å². The number of nitrogens with zero attached hydrogens (tertiary/aromatic N) is 2. The van der Waals surface area contributed by atoms with Crippen molar-refractivity contribution in [1.82, 2.24) is 15.1 Å². The maximum absolute atomic E-state index is 4.49. The van der Waals surface area contributed by atoms with Crippen molar-refractivity contribution < 1.29 is 0 Å². The van der Waals surface area contributed by atoms with Crippen molar-refractivity contribution >= 4 is 0 Å². The molecule has 1 aromatic rings. The zero-order valence-corrected chi connectivity index (χ0v) is 10.7. The van der Waals surface area contributed by atoms with Crippen LogP contribution in [0.2, 0.25) is 0 Å². The molecule has 1 fully saturated rings. The summed E-state index contributed by atoms with van der Waals surface area (Å²) in [4.78, 5) is 0. The average molecular weight is 221 g/mol. The van der Waals surface area contributed by atoms with Crippen molar-refractivity contribution in [3.8, 4) is 0 Å². The summed E-state index contributed by atoms with van der Waals surface area (Å²) in [6, 6.07) is 0.657. The second kappa shape index (κ2) is 5.00. The van der Waals surface area contributed by atoms with Crippen molar-refractivity contribution in [1.29, 1.82) is 0 Å². The molecule has 0 radical (unpaired) electrons. The summed E-state index contributed by atoms with van der Waals surface area (Å²) in [5.41, 5.74) is 3.97. The lowest BCUT2D eigenvalue weighted by molar-refractivity contribution is 0.505. The van der Waals surface area contributed by atoms with E-state index in [1.807, 2.05) is 11.7 Å². The molecule has 0 aromatic carbocycles. The fourth-order valence-corrected chi connectivity index (χ4v) is 2.63. The Morgan fingerprint density at radius 1 is 1.31 bits per heavy atom. The molecule has 0 aliphatic carbocycles. The van der Waals surface area contributed by atoms with Crippen LogP contribution in [0.25, 0.3) is 0 Å². The topological polar surface area (TPSA) is 29.9 Å². The highest BCUT2D eigenvalue weighted by atomic mass is 15.3. The monoisotopic (exact) mass is 221 g/mol. The van der Waals surface area contributed by atoms with E-state index in [0.29, 0.717) is 6.04 Å². The summed E-state index contributed by atoms with van der Waals surface area (Å²) in [6.07, 6.45) is 6.55. The minimum atomic E-state index is 0.657. The molecule has 1 aliphatic rings. The molecule has 3 heteroatoms. The molecule has 0 amide bonds. The third kappa shape index (κ3) is 2.46. The summed E-state index contributed by atoms with van der Waals surface area (Å²) in [6.45, 7) is 5.48. The Morgan fingerprint density at radius 2 is 2.12 bits per heavy atom. The third-order valence-electron chi connectivity index (χ3n) is 3.77. The third-order valence-corrected chi connectivity index (χ3v) is 3.77. The van der Waals surface area contributed by atoms with Crippen molar-refractivity contribution in [3.05, 3.63) is 17.0 Å². The molecule has 0 bridgehead atoms. The number of aromatic nitrogens is 2. The lowest BCUT2D eigenvalue weighted by Crippen LogP contribution is -2.30. The normalized spacial score (nSPS) is 22.1. The van der Waals surface area contributed by atoms with E-state index in [2.05, 4.69) is 24.3 Å². The smallest absolute Gasteiger partial charge is 0.0628 e. The predicted molar refractivity (Wildman–Crippen MR) is 66.6 cm³/mol. The lowest BCUT2D eigenvalue weighted by Gasteiger charge is -2.15. The summed E-state index contributed by atoms with van der Waals surface area (Å²) in [5.74, 6) is 0. The van der Waals surface area contributed by atoms with E-state index in [1.54, 1.807) is 0 Å². The molecule has 1 unspecified atom stereocenters. The van der Waals surface area contributed by atoms with E-state index in [0.717, 1.165) is 6.42 Å². The number of rotatable bonds is 2. The quantitative estimate of drug-likeness (QED) is 0.829. The highest BCUT2D eigenvalue weighted by molar-refractivity contribution is 5.25. The van der Waals surface area contributed by atoms with E-state index in [9.17, 15) is 0 Å². The van der Waals surface area contributed by atoms with Crippen LogP contribution in [0.5, 0.6) is 0 Å². The van der Waals surface area contributed by atoms with Gasteiger partial charge in [0.1, 0.15) is 0 Å². The van der Waals surface area contributed by atoms with Gasteiger partial charge in [0.15, 0.2) is 0 Å². The van der Waals surface area contributed by atoms with E-state index >= 15 is 0 Å². The largest absolute Gasteiger partial charge is 0.314 e. The van der Waals surface area contributed by atoms with E-state index in [-0.39, 0.29) is 0 Å². The fourth-order valence-electron chi connectivity index (χ4n) is 2.63. The second-order valence-corrected chi connectivity index (χ2v) is 4.98. The molecule has 2 rings (SSSR count). The van der Waals surface area contributed by atoms with Crippen molar-refractivity contribution in [2.75, 3.05) is 6.54 Å². The summed E-state index contributed by atoms with van der Waals surface area (Å²) < 4.78 is 2.00. The van der Waals surface area contributed by atoms with Crippen LogP contribution in [-0.2, 0) is 13.5 Å². The molecule has 0 saturated carbocycles. The van der Waals surface area contributed by atoms with Gasteiger partial charge in [-0.1, -0.05) is 12.8 Å². The maximum Gasteiger partial charge on any atom is 0.0628 e. The van der Waals surface area contributed by atoms with Crippen LogP contribution >= 0.6 is 0 Å². The fraction of sp³-hybridized carbons (Fsp3) is 0.769. The van der Waals surface area contributed by atoms with Gasteiger partial charge in [0.2, 0.25) is 0 Å². The van der Waals surface area contributed by atoms with Crippen LogP contribution < -0.4 is 5.32 Å².